The lowest BCUT2D eigenvalue weighted by Crippen LogP contribution is -2.40. The number of benzene rings is 1. The van der Waals surface area contributed by atoms with Crippen LogP contribution in [-0.2, 0) is 14.8 Å². The van der Waals surface area contributed by atoms with E-state index in [1.165, 1.54) is 4.31 Å². The molecule has 2 aromatic rings. The average molecular weight is 306 g/mol. The Hall–Kier alpha value is -1.63. The van der Waals surface area contributed by atoms with Crippen molar-refractivity contribution in [1.82, 2.24) is 9.29 Å². The first-order chi connectivity index (χ1) is 10.1. The van der Waals surface area contributed by atoms with Gasteiger partial charge in [0, 0.05) is 25.5 Å². The number of hydrogen-bond donors (Lipinski definition) is 1. The third-order valence-electron chi connectivity index (χ3n) is 3.71. The maximum absolute atomic E-state index is 12.8. The third-order valence-corrected chi connectivity index (χ3v) is 5.75. The molecule has 0 unspecified atom stereocenters. The first-order valence-electron chi connectivity index (χ1n) is 6.91. The highest BCUT2D eigenvalue weighted by Crippen LogP contribution is 2.27. The van der Waals surface area contributed by atoms with Crippen LogP contribution in [0, 0.1) is 6.92 Å². The molecule has 1 aromatic carbocycles. The summed E-state index contributed by atoms with van der Waals surface area (Å²) < 4.78 is 32.3. The molecule has 1 saturated heterocycles. The van der Waals surface area contributed by atoms with E-state index in [-0.39, 0.29) is 0 Å². The molecule has 0 aliphatic carbocycles. The number of nitrogens with one attached hydrogen (secondary N) is 1. The van der Waals surface area contributed by atoms with Gasteiger partial charge in [-0.1, -0.05) is 12.1 Å². The van der Waals surface area contributed by atoms with Gasteiger partial charge < -0.3 is 9.72 Å². The molecule has 1 fully saturated rings. The number of H-pyrrole nitrogens is 1. The highest BCUT2D eigenvalue weighted by molar-refractivity contribution is 7.89. The monoisotopic (exact) mass is 306 g/mol. The molecule has 112 valence electrons. The van der Waals surface area contributed by atoms with Gasteiger partial charge in [-0.15, -0.1) is 0 Å². The average Bonchev–Trinajstić information content (AvgIpc) is 3.03. The molecule has 2 heterocycles. The van der Waals surface area contributed by atoms with Gasteiger partial charge in [-0.25, -0.2) is 8.42 Å². The standard InChI is InChI=1S/C15H18N2O3S/c1-12-2-3-13(14-4-5-16-11-14)10-15(12)21(18,19)17-6-8-20-9-7-17/h2-5,10-11,16H,6-9H2,1H3. The summed E-state index contributed by atoms with van der Waals surface area (Å²) >= 11 is 0. The van der Waals surface area contributed by atoms with Gasteiger partial charge in [-0.05, 0) is 35.7 Å². The fourth-order valence-corrected chi connectivity index (χ4v) is 4.15. The fraction of sp³-hybridized carbons (Fsp3) is 0.333. The second kappa shape index (κ2) is 5.63. The van der Waals surface area contributed by atoms with Crippen molar-refractivity contribution in [3.05, 3.63) is 42.2 Å². The largest absolute Gasteiger partial charge is 0.379 e. The Bertz CT molecular complexity index is 717. The Morgan fingerprint density at radius 3 is 2.57 bits per heavy atom. The molecule has 1 aromatic heterocycles. The normalized spacial score (nSPS) is 17.0. The SMILES string of the molecule is Cc1ccc(-c2cc[nH]c2)cc1S(=O)(=O)N1CCOCC1. The summed E-state index contributed by atoms with van der Waals surface area (Å²) in [6.45, 7) is 3.56. The lowest BCUT2D eigenvalue weighted by molar-refractivity contribution is 0.0730. The summed E-state index contributed by atoms with van der Waals surface area (Å²) in [5.41, 5.74) is 2.64. The Morgan fingerprint density at radius 1 is 1.14 bits per heavy atom. The van der Waals surface area contributed by atoms with Crippen molar-refractivity contribution in [1.29, 1.82) is 0 Å². The molecular weight excluding hydrogens is 288 g/mol. The predicted molar refractivity (Wildman–Crippen MR) is 80.5 cm³/mol. The van der Waals surface area contributed by atoms with Crippen LogP contribution in [0.25, 0.3) is 11.1 Å². The molecule has 1 aliphatic rings. The number of hydrogen-bond acceptors (Lipinski definition) is 3. The number of rotatable bonds is 3. The first kappa shape index (κ1) is 14.3. The number of morpholine rings is 1. The summed E-state index contributed by atoms with van der Waals surface area (Å²) in [6, 6.07) is 7.48. The maximum Gasteiger partial charge on any atom is 0.243 e. The predicted octanol–water partition coefficient (Wildman–Crippen LogP) is 2.01. The van der Waals surface area contributed by atoms with Crippen molar-refractivity contribution in [3.63, 3.8) is 0 Å². The van der Waals surface area contributed by atoms with Crippen LogP contribution < -0.4 is 0 Å². The van der Waals surface area contributed by atoms with Crippen LogP contribution in [0.1, 0.15) is 5.56 Å². The van der Waals surface area contributed by atoms with Crippen molar-refractivity contribution < 1.29 is 13.2 Å². The van der Waals surface area contributed by atoms with Crippen molar-refractivity contribution in [2.24, 2.45) is 0 Å². The number of ether oxygens (including phenoxy) is 1. The molecule has 0 spiro atoms. The van der Waals surface area contributed by atoms with Crippen LogP contribution >= 0.6 is 0 Å². The van der Waals surface area contributed by atoms with Gasteiger partial charge in [0.1, 0.15) is 0 Å². The minimum atomic E-state index is -3.46. The van der Waals surface area contributed by atoms with Crippen LogP contribution in [0.4, 0.5) is 0 Å². The number of aromatic nitrogens is 1. The molecule has 0 atom stereocenters. The van der Waals surface area contributed by atoms with Gasteiger partial charge in [-0.2, -0.15) is 4.31 Å². The summed E-state index contributed by atoms with van der Waals surface area (Å²) in [6.07, 6.45) is 3.68. The molecule has 6 heteroatoms. The number of aromatic amines is 1. The van der Waals surface area contributed by atoms with Crippen molar-refractivity contribution in [2.75, 3.05) is 26.3 Å². The zero-order chi connectivity index (χ0) is 14.9. The van der Waals surface area contributed by atoms with E-state index in [0.717, 1.165) is 16.7 Å². The molecule has 0 bridgehead atoms. The Labute approximate surface area is 124 Å². The minimum absolute atomic E-state index is 0.378. The zero-order valence-electron chi connectivity index (χ0n) is 11.9. The quantitative estimate of drug-likeness (QED) is 0.943. The zero-order valence-corrected chi connectivity index (χ0v) is 12.7. The topological polar surface area (TPSA) is 62.4 Å². The molecule has 0 amide bonds. The first-order valence-corrected chi connectivity index (χ1v) is 8.35. The van der Waals surface area contributed by atoms with Crippen LogP contribution in [-0.4, -0.2) is 44.0 Å². The number of sulfonamides is 1. The molecule has 1 N–H and O–H groups in total. The molecule has 0 saturated carbocycles. The van der Waals surface area contributed by atoms with Gasteiger partial charge in [0.05, 0.1) is 18.1 Å². The van der Waals surface area contributed by atoms with E-state index in [1.807, 2.05) is 37.5 Å². The second-order valence-corrected chi connectivity index (χ2v) is 7.00. The smallest absolute Gasteiger partial charge is 0.243 e. The lowest BCUT2D eigenvalue weighted by atomic mass is 10.1. The third kappa shape index (κ3) is 2.74. The van der Waals surface area contributed by atoms with E-state index >= 15 is 0 Å². The fourth-order valence-electron chi connectivity index (χ4n) is 2.49. The summed E-state index contributed by atoms with van der Waals surface area (Å²) in [5, 5.41) is 0. The van der Waals surface area contributed by atoms with Gasteiger partial charge in [0.2, 0.25) is 10.0 Å². The van der Waals surface area contributed by atoms with Crippen LogP contribution in [0.2, 0.25) is 0 Å². The van der Waals surface area contributed by atoms with E-state index < -0.39 is 10.0 Å². The second-order valence-electron chi connectivity index (χ2n) is 5.10. The van der Waals surface area contributed by atoms with E-state index in [1.54, 1.807) is 6.07 Å². The summed E-state index contributed by atoms with van der Waals surface area (Å²) in [5.74, 6) is 0. The molecule has 3 rings (SSSR count). The highest BCUT2D eigenvalue weighted by Gasteiger charge is 2.27. The van der Waals surface area contributed by atoms with Crippen LogP contribution in [0.5, 0.6) is 0 Å². The lowest BCUT2D eigenvalue weighted by Gasteiger charge is -2.26. The Morgan fingerprint density at radius 2 is 1.90 bits per heavy atom. The maximum atomic E-state index is 12.8. The highest BCUT2D eigenvalue weighted by atomic mass is 32.2. The van der Waals surface area contributed by atoms with E-state index in [4.69, 9.17) is 4.74 Å². The van der Waals surface area contributed by atoms with Gasteiger partial charge in [0.15, 0.2) is 0 Å². The molecule has 1 aliphatic heterocycles. The molecule has 0 radical (unpaired) electrons. The molecule has 21 heavy (non-hydrogen) atoms. The van der Waals surface area contributed by atoms with Gasteiger partial charge in [-0.3, -0.25) is 0 Å². The Kier molecular flexibility index (Phi) is 3.84. The number of nitrogens with zero attached hydrogens (tertiary/aromatic N) is 1. The molecule has 5 nitrogen and oxygen atoms in total. The summed E-state index contributed by atoms with van der Waals surface area (Å²) in [4.78, 5) is 3.37. The van der Waals surface area contributed by atoms with Gasteiger partial charge >= 0.3 is 0 Å². The molecular formula is C15H18N2O3S. The van der Waals surface area contributed by atoms with E-state index in [9.17, 15) is 8.42 Å². The Balaban J connectivity index is 2.02. The number of aryl methyl sites for hydroxylation is 1. The van der Waals surface area contributed by atoms with E-state index in [0.29, 0.717) is 31.2 Å². The minimum Gasteiger partial charge on any atom is -0.379 e. The van der Waals surface area contributed by atoms with Crippen molar-refractivity contribution in [2.45, 2.75) is 11.8 Å². The van der Waals surface area contributed by atoms with Crippen LogP contribution in [0.15, 0.2) is 41.6 Å². The van der Waals surface area contributed by atoms with Crippen molar-refractivity contribution in [3.8, 4) is 11.1 Å². The van der Waals surface area contributed by atoms with Crippen molar-refractivity contribution >= 4 is 10.0 Å². The van der Waals surface area contributed by atoms with E-state index in [2.05, 4.69) is 4.98 Å². The summed E-state index contributed by atoms with van der Waals surface area (Å²) in [7, 11) is -3.46. The van der Waals surface area contributed by atoms with Crippen LogP contribution in [0.3, 0.4) is 0 Å². The van der Waals surface area contributed by atoms with Gasteiger partial charge in [0.25, 0.3) is 0 Å².